The molecule has 0 aliphatic carbocycles. The van der Waals surface area contributed by atoms with Gasteiger partial charge in [0.2, 0.25) is 10.0 Å². The lowest BCUT2D eigenvalue weighted by atomic mass is 9.94. The number of halogens is 1. The summed E-state index contributed by atoms with van der Waals surface area (Å²) in [6.07, 6.45) is 1.33. The fourth-order valence-corrected chi connectivity index (χ4v) is 2.99. The second-order valence-corrected chi connectivity index (χ2v) is 7.00. The maximum Gasteiger partial charge on any atom is 0.246 e. The number of nitrogens with two attached hydrogens (primary N) is 1. The summed E-state index contributed by atoms with van der Waals surface area (Å²) in [6.45, 7) is 6.35. The molecule has 0 bridgehead atoms. The van der Waals surface area contributed by atoms with Crippen LogP contribution in [0.2, 0.25) is 0 Å². The third-order valence-electron chi connectivity index (χ3n) is 2.68. The second-order valence-electron chi connectivity index (χ2n) is 4.99. The van der Waals surface area contributed by atoms with Gasteiger partial charge in [0.15, 0.2) is 0 Å². The number of sulfonamides is 1. The van der Waals surface area contributed by atoms with E-state index in [9.17, 15) is 8.42 Å². The predicted molar refractivity (Wildman–Crippen MR) is 73.2 cm³/mol. The van der Waals surface area contributed by atoms with E-state index in [1.807, 2.05) is 13.8 Å². The Labute approximate surface area is 114 Å². The molecule has 0 amide bonds. The van der Waals surface area contributed by atoms with Gasteiger partial charge in [0.1, 0.15) is 4.90 Å². The van der Waals surface area contributed by atoms with Crippen LogP contribution in [0.3, 0.4) is 0 Å². The van der Waals surface area contributed by atoms with Gasteiger partial charge in [-0.3, -0.25) is 5.10 Å². The van der Waals surface area contributed by atoms with Gasteiger partial charge in [0.05, 0.1) is 11.9 Å². The first-order valence-electron chi connectivity index (χ1n) is 5.37. The van der Waals surface area contributed by atoms with E-state index in [1.165, 1.54) is 10.5 Å². The van der Waals surface area contributed by atoms with Crippen LogP contribution < -0.4 is 5.73 Å². The molecule has 0 atom stereocenters. The second kappa shape index (κ2) is 6.01. The number of hydrogen-bond donors (Lipinski definition) is 2. The molecule has 0 radical (unpaired) electrons. The molecule has 0 aromatic carbocycles. The van der Waals surface area contributed by atoms with Crippen LogP contribution in [-0.2, 0) is 10.0 Å². The van der Waals surface area contributed by atoms with Gasteiger partial charge in [0, 0.05) is 13.6 Å². The third kappa shape index (κ3) is 3.68. The highest BCUT2D eigenvalue weighted by atomic mass is 35.5. The van der Waals surface area contributed by atoms with Crippen molar-refractivity contribution >= 4 is 22.4 Å². The zero-order valence-electron chi connectivity index (χ0n) is 11.1. The van der Waals surface area contributed by atoms with Gasteiger partial charge in [-0.15, -0.1) is 12.4 Å². The van der Waals surface area contributed by atoms with Crippen LogP contribution >= 0.6 is 12.4 Å². The Hall–Kier alpha value is -0.630. The van der Waals surface area contributed by atoms with Gasteiger partial charge in [-0.05, 0) is 18.9 Å². The first kappa shape index (κ1) is 17.4. The van der Waals surface area contributed by atoms with Crippen LogP contribution in [-0.4, -0.2) is 43.1 Å². The maximum atomic E-state index is 12.2. The van der Waals surface area contributed by atoms with Crippen LogP contribution in [0.1, 0.15) is 19.5 Å². The number of H-pyrrole nitrogens is 1. The molecule has 0 fully saturated rings. The quantitative estimate of drug-likeness (QED) is 0.838. The van der Waals surface area contributed by atoms with Crippen LogP contribution in [0.5, 0.6) is 0 Å². The van der Waals surface area contributed by atoms with Crippen molar-refractivity contribution in [2.45, 2.75) is 25.7 Å². The van der Waals surface area contributed by atoms with Gasteiger partial charge in [-0.1, -0.05) is 13.8 Å². The van der Waals surface area contributed by atoms with E-state index in [-0.39, 0.29) is 22.7 Å². The Morgan fingerprint density at radius 3 is 2.44 bits per heavy atom. The average Bonchev–Trinajstić information content (AvgIpc) is 2.64. The summed E-state index contributed by atoms with van der Waals surface area (Å²) in [7, 11) is -1.93. The van der Waals surface area contributed by atoms with E-state index < -0.39 is 10.0 Å². The highest BCUT2D eigenvalue weighted by Gasteiger charge is 2.28. The number of rotatable bonds is 5. The molecule has 0 saturated carbocycles. The molecule has 0 aliphatic rings. The first-order chi connectivity index (χ1) is 7.70. The lowest BCUT2D eigenvalue weighted by Crippen LogP contribution is -2.39. The van der Waals surface area contributed by atoms with Crippen molar-refractivity contribution in [3.8, 4) is 0 Å². The molecule has 0 saturated heterocycles. The maximum absolute atomic E-state index is 12.2. The summed E-state index contributed by atoms with van der Waals surface area (Å²) in [5.74, 6) is 0. The van der Waals surface area contributed by atoms with E-state index in [4.69, 9.17) is 5.73 Å². The fraction of sp³-hybridized carbons (Fsp3) is 0.700. The van der Waals surface area contributed by atoms with Crippen molar-refractivity contribution in [1.29, 1.82) is 0 Å². The summed E-state index contributed by atoms with van der Waals surface area (Å²) in [4.78, 5) is 0.216. The summed E-state index contributed by atoms with van der Waals surface area (Å²) < 4.78 is 25.8. The average molecular weight is 297 g/mol. The molecule has 1 rings (SSSR count). The Bertz CT molecular complexity index is 484. The van der Waals surface area contributed by atoms with Crippen molar-refractivity contribution < 1.29 is 8.42 Å². The topological polar surface area (TPSA) is 92.1 Å². The highest BCUT2D eigenvalue weighted by molar-refractivity contribution is 7.89. The predicted octanol–water partition coefficient (Wildman–Crippen LogP) is 0.745. The van der Waals surface area contributed by atoms with Crippen molar-refractivity contribution in [3.63, 3.8) is 0 Å². The molecule has 8 heteroatoms. The molecule has 1 aromatic heterocycles. The lowest BCUT2D eigenvalue weighted by Gasteiger charge is -2.28. The van der Waals surface area contributed by atoms with Crippen LogP contribution in [0.4, 0.5) is 0 Å². The molecule has 106 valence electrons. The number of hydrogen-bond acceptors (Lipinski definition) is 4. The third-order valence-corrected chi connectivity index (χ3v) is 4.59. The largest absolute Gasteiger partial charge is 0.330 e. The standard InChI is InChI=1S/C10H20N4O2S.ClH/c1-8-9(5-12-13-8)17(15,16)14(4)7-10(2,3)6-11;/h5H,6-7,11H2,1-4H3,(H,12,13);1H. The summed E-state index contributed by atoms with van der Waals surface area (Å²) >= 11 is 0. The van der Waals surface area contributed by atoms with Gasteiger partial charge in [-0.2, -0.15) is 5.10 Å². The Morgan fingerprint density at radius 1 is 1.50 bits per heavy atom. The van der Waals surface area contributed by atoms with Crippen molar-refractivity contribution in [3.05, 3.63) is 11.9 Å². The fourth-order valence-electron chi connectivity index (χ4n) is 1.52. The highest BCUT2D eigenvalue weighted by Crippen LogP contribution is 2.21. The van der Waals surface area contributed by atoms with E-state index in [1.54, 1.807) is 14.0 Å². The first-order valence-corrected chi connectivity index (χ1v) is 6.81. The molecule has 6 nitrogen and oxygen atoms in total. The van der Waals surface area contributed by atoms with Crippen LogP contribution in [0, 0.1) is 12.3 Å². The van der Waals surface area contributed by atoms with Crippen LogP contribution in [0.15, 0.2) is 11.1 Å². The number of aromatic amines is 1. The minimum atomic E-state index is -3.49. The number of aromatic nitrogens is 2. The molecular formula is C10H21ClN4O2S. The normalized spacial score (nSPS) is 12.6. The minimum Gasteiger partial charge on any atom is -0.330 e. The molecule has 0 unspecified atom stereocenters. The summed E-state index contributed by atoms with van der Waals surface area (Å²) in [5, 5.41) is 6.36. The van der Waals surface area contributed by atoms with Gasteiger partial charge < -0.3 is 5.73 Å². The van der Waals surface area contributed by atoms with E-state index in [0.717, 1.165) is 0 Å². The lowest BCUT2D eigenvalue weighted by molar-refractivity contribution is 0.292. The summed E-state index contributed by atoms with van der Waals surface area (Å²) in [6, 6.07) is 0. The molecule has 18 heavy (non-hydrogen) atoms. The van der Waals surface area contributed by atoms with Gasteiger partial charge >= 0.3 is 0 Å². The zero-order valence-corrected chi connectivity index (χ0v) is 12.7. The number of nitrogens with one attached hydrogen (secondary N) is 1. The molecular weight excluding hydrogens is 276 g/mol. The Morgan fingerprint density at radius 2 is 2.06 bits per heavy atom. The SMILES string of the molecule is Cc1[nH]ncc1S(=O)(=O)N(C)CC(C)(C)CN.Cl. The smallest absolute Gasteiger partial charge is 0.246 e. The van der Waals surface area contributed by atoms with Crippen molar-refractivity contribution in [2.75, 3.05) is 20.1 Å². The number of nitrogens with zero attached hydrogens (tertiary/aromatic N) is 2. The van der Waals surface area contributed by atoms with E-state index in [2.05, 4.69) is 10.2 Å². The molecule has 1 aromatic rings. The van der Waals surface area contributed by atoms with E-state index in [0.29, 0.717) is 18.8 Å². The van der Waals surface area contributed by atoms with Crippen LogP contribution in [0.25, 0.3) is 0 Å². The summed E-state index contributed by atoms with van der Waals surface area (Å²) in [5.41, 5.74) is 5.90. The molecule has 0 aliphatic heterocycles. The zero-order chi connectivity index (χ0) is 13.3. The van der Waals surface area contributed by atoms with Crippen molar-refractivity contribution in [1.82, 2.24) is 14.5 Å². The molecule has 0 spiro atoms. The van der Waals surface area contributed by atoms with E-state index >= 15 is 0 Å². The molecule has 3 N–H and O–H groups in total. The Balaban J connectivity index is 0.00000289. The number of aryl methyl sites for hydroxylation is 1. The molecule has 1 heterocycles. The van der Waals surface area contributed by atoms with Crippen molar-refractivity contribution in [2.24, 2.45) is 11.1 Å². The van der Waals surface area contributed by atoms with Gasteiger partial charge in [0.25, 0.3) is 0 Å². The minimum absolute atomic E-state index is 0. The Kier molecular flexibility index (Phi) is 5.80. The monoisotopic (exact) mass is 296 g/mol. The van der Waals surface area contributed by atoms with Gasteiger partial charge in [-0.25, -0.2) is 12.7 Å².